The van der Waals surface area contributed by atoms with Crippen LogP contribution in [0.2, 0.25) is 0 Å². The van der Waals surface area contributed by atoms with E-state index >= 15 is 0 Å². The monoisotopic (exact) mass is 399 g/mol. The number of rotatable bonds is 2. The quantitative estimate of drug-likeness (QED) is 0.804. The van der Waals surface area contributed by atoms with Crippen LogP contribution in [0.1, 0.15) is 56.8 Å². The van der Waals surface area contributed by atoms with Crippen molar-refractivity contribution in [1.82, 2.24) is 24.7 Å². The molecule has 8 heteroatoms. The summed E-state index contributed by atoms with van der Waals surface area (Å²) in [4.78, 5) is 51.7. The van der Waals surface area contributed by atoms with Gasteiger partial charge in [0, 0.05) is 51.1 Å². The van der Waals surface area contributed by atoms with Crippen molar-refractivity contribution in [2.45, 2.75) is 63.5 Å². The van der Waals surface area contributed by atoms with Crippen molar-refractivity contribution in [3.63, 3.8) is 0 Å². The van der Waals surface area contributed by atoms with Crippen LogP contribution in [0, 0.1) is 5.92 Å². The zero-order valence-corrected chi connectivity index (χ0v) is 17.0. The third-order valence-corrected chi connectivity index (χ3v) is 7.30. The van der Waals surface area contributed by atoms with E-state index in [0.29, 0.717) is 32.5 Å². The van der Waals surface area contributed by atoms with E-state index in [1.165, 1.54) is 0 Å². The Balaban J connectivity index is 1.36. The fraction of sp³-hybridized carbons (Fsp3) is 0.714. The van der Waals surface area contributed by atoms with Crippen LogP contribution in [-0.4, -0.2) is 74.6 Å². The summed E-state index contributed by atoms with van der Waals surface area (Å²) in [5, 5.41) is 0. The molecule has 1 aliphatic carbocycles. The summed E-state index contributed by atoms with van der Waals surface area (Å²) in [6, 6.07) is -0.321. The van der Waals surface area contributed by atoms with Gasteiger partial charge in [-0.05, 0) is 38.5 Å². The molecule has 1 spiro atoms. The van der Waals surface area contributed by atoms with Gasteiger partial charge >= 0.3 is 0 Å². The molecule has 3 aliphatic heterocycles. The molecule has 156 valence electrons. The first kappa shape index (κ1) is 18.6. The SMILES string of the molecule is CC(=O)N1CCCC1C(=O)N1CCC2(CC1)c1nc[nH]c1CCN2C(=O)C1CC1. The van der Waals surface area contributed by atoms with Crippen molar-refractivity contribution in [3.05, 3.63) is 17.7 Å². The van der Waals surface area contributed by atoms with Crippen LogP contribution in [0.25, 0.3) is 0 Å². The molecule has 5 rings (SSSR count). The van der Waals surface area contributed by atoms with Crippen molar-refractivity contribution in [1.29, 1.82) is 0 Å². The molecule has 1 atom stereocenters. The molecule has 1 aromatic heterocycles. The number of piperidine rings is 1. The minimum atomic E-state index is -0.403. The van der Waals surface area contributed by atoms with Gasteiger partial charge in [-0.1, -0.05) is 0 Å². The van der Waals surface area contributed by atoms with Gasteiger partial charge in [0.15, 0.2) is 0 Å². The molecule has 4 aliphatic rings. The first-order valence-electron chi connectivity index (χ1n) is 10.9. The van der Waals surface area contributed by atoms with Gasteiger partial charge in [0.1, 0.15) is 6.04 Å². The van der Waals surface area contributed by atoms with Crippen LogP contribution in [0.15, 0.2) is 6.33 Å². The van der Waals surface area contributed by atoms with Crippen LogP contribution in [0.4, 0.5) is 0 Å². The average molecular weight is 399 g/mol. The fourth-order valence-electron chi connectivity index (χ4n) is 5.56. The number of hydrogen-bond donors (Lipinski definition) is 1. The predicted molar refractivity (Wildman–Crippen MR) is 105 cm³/mol. The lowest BCUT2D eigenvalue weighted by atomic mass is 9.78. The molecule has 2 saturated heterocycles. The molecular weight excluding hydrogens is 370 g/mol. The Labute approximate surface area is 170 Å². The maximum absolute atomic E-state index is 13.1. The number of H-pyrrole nitrogens is 1. The number of fused-ring (bicyclic) bond motifs is 2. The highest BCUT2D eigenvalue weighted by atomic mass is 16.2. The summed E-state index contributed by atoms with van der Waals surface area (Å²) in [5.74, 6) is 0.473. The smallest absolute Gasteiger partial charge is 0.245 e. The maximum atomic E-state index is 13.1. The second-order valence-corrected chi connectivity index (χ2v) is 8.97. The molecule has 8 nitrogen and oxygen atoms in total. The molecule has 4 heterocycles. The Morgan fingerprint density at radius 3 is 2.52 bits per heavy atom. The summed E-state index contributed by atoms with van der Waals surface area (Å²) in [6.07, 6.45) is 7.58. The minimum Gasteiger partial charge on any atom is -0.348 e. The lowest BCUT2D eigenvalue weighted by molar-refractivity contribution is -0.149. The summed E-state index contributed by atoms with van der Waals surface area (Å²) >= 11 is 0. The number of nitrogens with zero attached hydrogens (tertiary/aromatic N) is 4. The number of imidazole rings is 1. The lowest BCUT2D eigenvalue weighted by Crippen LogP contribution is -2.60. The largest absolute Gasteiger partial charge is 0.348 e. The Morgan fingerprint density at radius 2 is 1.83 bits per heavy atom. The second-order valence-electron chi connectivity index (χ2n) is 8.97. The Kier molecular flexibility index (Phi) is 4.40. The molecule has 1 saturated carbocycles. The molecule has 29 heavy (non-hydrogen) atoms. The van der Waals surface area contributed by atoms with Gasteiger partial charge in [-0.15, -0.1) is 0 Å². The molecule has 1 aromatic rings. The topological polar surface area (TPSA) is 89.6 Å². The van der Waals surface area contributed by atoms with Crippen molar-refractivity contribution >= 4 is 17.7 Å². The molecule has 1 N–H and O–H groups in total. The fourth-order valence-corrected chi connectivity index (χ4v) is 5.56. The Morgan fingerprint density at radius 1 is 1.07 bits per heavy atom. The lowest BCUT2D eigenvalue weighted by Gasteiger charge is -2.51. The number of aromatic nitrogens is 2. The van der Waals surface area contributed by atoms with Crippen LogP contribution in [0.5, 0.6) is 0 Å². The molecular formula is C21H29N5O3. The normalized spacial score (nSPS) is 26.0. The van der Waals surface area contributed by atoms with Gasteiger partial charge in [0.05, 0.1) is 17.6 Å². The van der Waals surface area contributed by atoms with Crippen molar-refractivity contribution in [2.24, 2.45) is 5.92 Å². The number of carbonyl (C=O) groups excluding carboxylic acids is 3. The number of amides is 3. The molecule has 1 unspecified atom stereocenters. The predicted octanol–water partition coefficient (Wildman–Crippen LogP) is 1.03. The number of carbonyl (C=O) groups is 3. The van der Waals surface area contributed by atoms with Crippen LogP contribution in [-0.2, 0) is 26.3 Å². The Hall–Kier alpha value is -2.38. The molecule has 3 amide bonds. The Bertz CT molecular complexity index is 837. The highest BCUT2D eigenvalue weighted by Gasteiger charge is 2.52. The molecule has 3 fully saturated rings. The second kappa shape index (κ2) is 6.85. The standard InChI is InChI=1S/C21H29N5O3/c1-14(27)25-9-2-3-17(25)20(29)24-11-7-21(8-12-24)18-16(22-13-23-18)6-10-26(21)19(28)15-4-5-15/h13,15,17H,2-12H2,1H3,(H,22,23). The van der Waals surface area contributed by atoms with Gasteiger partial charge in [0.25, 0.3) is 0 Å². The third-order valence-electron chi connectivity index (χ3n) is 7.30. The first-order valence-corrected chi connectivity index (χ1v) is 10.9. The van der Waals surface area contributed by atoms with E-state index in [-0.39, 0.29) is 29.7 Å². The molecule has 0 bridgehead atoms. The number of nitrogens with one attached hydrogen (secondary N) is 1. The van der Waals surface area contributed by atoms with Gasteiger partial charge in [-0.25, -0.2) is 4.98 Å². The van der Waals surface area contributed by atoms with Gasteiger partial charge in [0.2, 0.25) is 17.7 Å². The van der Waals surface area contributed by atoms with E-state index in [1.54, 1.807) is 18.2 Å². The van der Waals surface area contributed by atoms with E-state index in [0.717, 1.165) is 50.0 Å². The van der Waals surface area contributed by atoms with Gasteiger partial charge < -0.3 is 19.7 Å². The van der Waals surface area contributed by atoms with Crippen molar-refractivity contribution < 1.29 is 14.4 Å². The number of aromatic amines is 1. The van der Waals surface area contributed by atoms with Crippen LogP contribution in [0.3, 0.4) is 0 Å². The maximum Gasteiger partial charge on any atom is 0.245 e. The van der Waals surface area contributed by atoms with E-state index in [1.807, 2.05) is 4.90 Å². The first-order chi connectivity index (χ1) is 14.0. The average Bonchev–Trinajstić information content (AvgIpc) is 3.25. The minimum absolute atomic E-state index is 0.0241. The molecule has 0 aromatic carbocycles. The zero-order chi connectivity index (χ0) is 20.2. The van der Waals surface area contributed by atoms with E-state index in [4.69, 9.17) is 0 Å². The highest BCUT2D eigenvalue weighted by molar-refractivity contribution is 5.87. The van der Waals surface area contributed by atoms with E-state index < -0.39 is 5.54 Å². The van der Waals surface area contributed by atoms with Crippen molar-refractivity contribution in [2.75, 3.05) is 26.2 Å². The third kappa shape index (κ3) is 2.95. The van der Waals surface area contributed by atoms with E-state index in [2.05, 4.69) is 14.9 Å². The summed E-state index contributed by atoms with van der Waals surface area (Å²) in [7, 11) is 0. The van der Waals surface area contributed by atoms with Crippen molar-refractivity contribution in [3.8, 4) is 0 Å². The van der Waals surface area contributed by atoms with E-state index in [9.17, 15) is 14.4 Å². The van der Waals surface area contributed by atoms with Crippen LogP contribution >= 0.6 is 0 Å². The highest BCUT2D eigenvalue weighted by Crippen LogP contribution is 2.45. The van der Waals surface area contributed by atoms with Gasteiger partial charge in [-0.3, -0.25) is 14.4 Å². The summed E-state index contributed by atoms with van der Waals surface area (Å²) in [6.45, 7) is 4.13. The molecule has 0 radical (unpaired) electrons. The summed E-state index contributed by atoms with van der Waals surface area (Å²) in [5.41, 5.74) is 1.72. The number of likely N-dealkylation sites (tertiary alicyclic amines) is 2. The van der Waals surface area contributed by atoms with Crippen LogP contribution < -0.4 is 0 Å². The summed E-state index contributed by atoms with van der Waals surface area (Å²) < 4.78 is 0. The number of hydrogen-bond acceptors (Lipinski definition) is 4. The zero-order valence-electron chi connectivity index (χ0n) is 17.0. The van der Waals surface area contributed by atoms with Gasteiger partial charge in [-0.2, -0.15) is 0 Å².